The van der Waals surface area contributed by atoms with Gasteiger partial charge in [-0.25, -0.2) is 4.79 Å². The number of aliphatic carboxylic acids is 1. The molecule has 0 aliphatic rings. The fraction of sp³-hybridized carbons (Fsp3) is 0.185. The Kier molecular flexibility index (Phi) is 8.60. The summed E-state index contributed by atoms with van der Waals surface area (Å²) in [5.74, 6) is -0.915. The number of carbonyl (C=O) groups is 2. The average molecular weight is 472 g/mol. The number of amides is 1. The maximum Gasteiger partial charge on any atom is 0.326 e. The lowest BCUT2D eigenvalue weighted by Gasteiger charge is -2.17. The number of carboxylic acid groups (broad SMARTS) is 1. The Labute approximate surface area is 203 Å². The molecule has 0 unspecified atom stereocenters. The van der Waals surface area contributed by atoms with E-state index >= 15 is 0 Å². The van der Waals surface area contributed by atoms with Crippen molar-refractivity contribution in [1.29, 1.82) is 5.26 Å². The Bertz CT molecular complexity index is 1250. The van der Waals surface area contributed by atoms with Crippen LogP contribution in [0, 0.1) is 18.3 Å². The van der Waals surface area contributed by atoms with Gasteiger partial charge in [-0.1, -0.05) is 36.4 Å². The number of carboxylic acids is 1. The van der Waals surface area contributed by atoms with Gasteiger partial charge >= 0.3 is 5.97 Å². The van der Waals surface area contributed by atoms with E-state index in [1.54, 1.807) is 42.7 Å². The van der Waals surface area contributed by atoms with Gasteiger partial charge in [-0.05, 0) is 77.4 Å². The molecule has 3 rings (SSSR count). The number of carbonyl (C=O) groups excluding carboxylic acids is 1. The van der Waals surface area contributed by atoms with E-state index in [1.807, 2.05) is 43.5 Å². The summed E-state index contributed by atoms with van der Waals surface area (Å²) in [6.07, 6.45) is 7.29. The molecule has 0 spiro atoms. The maximum absolute atomic E-state index is 13.2. The zero-order valence-electron chi connectivity index (χ0n) is 19.0. The lowest BCUT2D eigenvalue weighted by molar-refractivity contribution is -0.139. The first-order chi connectivity index (χ1) is 16.4. The highest BCUT2D eigenvalue weighted by Crippen LogP contribution is 2.31. The Hall–Kier alpha value is -3.89. The van der Waals surface area contributed by atoms with Crippen molar-refractivity contribution in [3.05, 3.63) is 89.2 Å². The third kappa shape index (κ3) is 6.12. The van der Waals surface area contributed by atoms with Crippen molar-refractivity contribution >= 4 is 35.3 Å². The predicted octanol–water partition coefficient (Wildman–Crippen LogP) is 5.06. The first-order valence-corrected chi connectivity index (χ1v) is 12.1. The molecule has 172 valence electrons. The number of nitrogens with zero attached hydrogens (tertiary/aromatic N) is 2. The molecule has 0 saturated carbocycles. The molecular weight excluding hydrogens is 446 g/mol. The van der Waals surface area contributed by atoms with E-state index in [-0.39, 0.29) is 0 Å². The van der Waals surface area contributed by atoms with Gasteiger partial charge in [-0.15, -0.1) is 0 Å². The molecule has 34 heavy (non-hydrogen) atoms. The lowest BCUT2D eigenvalue weighted by Crippen LogP contribution is -2.41. The van der Waals surface area contributed by atoms with Gasteiger partial charge in [-0.3, -0.25) is 9.78 Å². The predicted molar refractivity (Wildman–Crippen MR) is 136 cm³/mol. The second kappa shape index (κ2) is 11.8. The van der Waals surface area contributed by atoms with Gasteiger partial charge in [0.15, 0.2) is 0 Å². The maximum atomic E-state index is 13.2. The first kappa shape index (κ1) is 24.7. The fourth-order valence-electron chi connectivity index (χ4n) is 3.54. The monoisotopic (exact) mass is 471 g/mol. The summed E-state index contributed by atoms with van der Waals surface area (Å²) in [5.41, 5.74) is 4.65. The van der Waals surface area contributed by atoms with E-state index in [1.165, 1.54) is 11.8 Å². The van der Waals surface area contributed by atoms with Gasteiger partial charge in [0.25, 0.3) is 5.91 Å². The highest BCUT2D eigenvalue weighted by molar-refractivity contribution is 7.98. The smallest absolute Gasteiger partial charge is 0.326 e. The molecular formula is C27H25N3O3S. The molecule has 0 saturated heterocycles. The number of nitriles is 1. The van der Waals surface area contributed by atoms with Crippen LogP contribution in [0.15, 0.2) is 67.0 Å². The topological polar surface area (TPSA) is 103 Å². The SMILES string of the molecule is CSCC[C@H](NC(=O)c1ccc(/C(C#N)=C\c2cccnc2)cc1-c1ccccc1C)C(=O)O. The molecule has 0 aliphatic carbocycles. The quantitative estimate of drug-likeness (QED) is 0.423. The number of rotatable bonds is 9. The van der Waals surface area contributed by atoms with Crippen molar-refractivity contribution in [3.8, 4) is 17.2 Å². The second-order valence-corrected chi connectivity index (χ2v) is 8.66. The average Bonchev–Trinajstić information content (AvgIpc) is 2.85. The summed E-state index contributed by atoms with van der Waals surface area (Å²) in [6, 6.07) is 17.7. The van der Waals surface area contributed by atoms with Gasteiger partial charge < -0.3 is 10.4 Å². The van der Waals surface area contributed by atoms with E-state index in [9.17, 15) is 20.0 Å². The van der Waals surface area contributed by atoms with Crippen LogP contribution in [0.2, 0.25) is 0 Å². The van der Waals surface area contributed by atoms with Crippen molar-refractivity contribution in [3.63, 3.8) is 0 Å². The number of allylic oxidation sites excluding steroid dienone is 1. The van der Waals surface area contributed by atoms with E-state index in [4.69, 9.17) is 0 Å². The number of nitrogens with one attached hydrogen (secondary N) is 1. The molecule has 3 aromatic rings. The molecule has 1 aromatic heterocycles. The molecule has 2 aromatic carbocycles. The minimum Gasteiger partial charge on any atom is -0.480 e. The van der Waals surface area contributed by atoms with Crippen LogP contribution in [0.25, 0.3) is 22.8 Å². The molecule has 0 radical (unpaired) electrons. The normalized spacial score (nSPS) is 12.0. The van der Waals surface area contributed by atoms with Crippen molar-refractivity contribution < 1.29 is 14.7 Å². The Balaban J connectivity index is 2.08. The fourth-order valence-corrected chi connectivity index (χ4v) is 4.02. The molecule has 0 aliphatic heterocycles. The van der Waals surface area contributed by atoms with E-state index in [0.29, 0.717) is 34.4 Å². The summed E-state index contributed by atoms with van der Waals surface area (Å²) >= 11 is 1.52. The molecule has 1 atom stereocenters. The van der Waals surface area contributed by atoms with Crippen molar-refractivity contribution in [1.82, 2.24) is 10.3 Å². The molecule has 0 bridgehead atoms. The largest absolute Gasteiger partial charge is 0.480 e. The van der Waals surface area contributed by atoms with Crippen LogP contribution in [-0.4, -0.2) is 40.0 Å². The van der Waals surface area contributed by atoms with Crippen LogP contribution in [0.4, 0.5) is 0 Å². The Morgan fingerprint density at radius 3 is 2.62 bits per heavy atom. The number of hydrogen-bond donors (Lipinski definition) is 2. The standard InChI is InChI=1S/C27H25N3O3S/c1-18-6-3-4-8-22(18)24-15-20(21(16-28)14-19-7-5-12-29-17-19)9-10-23(24)26(31)30-25(27(32)33)11-13-34-2/h3-10,12,14-15,17,25H,11,13H2,1-2H3,(H,30,31)(H,32,33)/b21-14-/t25-/m0/s1. The van der Waals surface area contributed by atoms with Crippen LogP contribution in [-0.2, 0) is 4.79 Å². The molecule has 2 N–H and O–H groups in total. The summed E-state index contributed by atoms with van der Waals surface area (Å²) in [6.45, 7) is 1.94. The van der Waals surface area contributed by atoms with Crippen LogP contribution < -0.4 is 5.32 Å². The summed E-state index contributed by atoms with van der Waals surface area (Å²) in [7, 11) is 0. The zero-order chi connectivity index (χ0) is 24.5. The number of benzene rings is 2. The number of aryl methyl sites for hydroxylation is 1. The minimum absolute atomic E-state index is 0.326. The van der Waals surface area contributed by atoms with Gasteiger partial charge in [-0.2, -0.15) is 17.0 Å². The van der Waals surface area contributed by atoms with Gasteiger partial charge in [0.2, 0.25) is 0 Å². The zero-order valence-corrected chi connectivity index (χ0v) is 19.8. The highest BCUT2D eigenvalue weighted by atomic mass is 32.2. The number of pyridine rings is 1. The number of hydrogen-bond acceptors (Lipinski definition) is 5. The van der Waals surface area contributed by atoms with Crippen molar-refractivity contribution in [2.45, 2.75) is 19.4 Å². The van der Waals surface area contributed by atoms with Crippen LogP contribution in [0.1, 0.15) is 33.5 Å². The number of thioether (sulfide) groups is 1. The third-order valence-corrected chi connectivity index (χ3v) is 5.98. The van der Waals surface area contributed by atoms with Crippen molar-refractivity contribution in [2.24, 2.45) is 0 Å². The van der Waals surface area contributed by atoms with E-state index < -0.39 is 17.9 Å². The van der Waals surface area contributed by atoms with Crippen LogP contribution in [0.3, 0.4) is 0 Å². The third-order valence-electron chi connectivity index (χ3n) is 5.34. The molecule has 6 nitrogen and oxygen atoms in total. The molecule has 0 fully saturated rings. The number of aromatic nitrogens is 1. The minimum atomic E-state index is -1.07. The van der Waals surface area contributed by atoms with Gasteiger partial charge in [0, 0.05) is 18.0 Å². The van der Waals surface area contributed by atoms with Gasteiger partial charge in [0.1, 0.15) is 6.04 Å². The van der Waals surface area contributed by atoms with Gasteiger partial charge in [0.05, 0.1) is 11.6 Å². The van der Waals surface area contributed by atoms with E-state index in [2.05, 4.69) is 16.4 Å². The summed E-state index contributed by atoms with van der Waals surface area (Å²) in [4.78, 5) is 29.0. The molecule has 1 heterocycles. The Morgan fingerprint density at radius 2 is 1.97 bits per heavy atom. The Morgan fingerprint density at radius 1 is 1.18 bits per heavy atom. The second-order valence-electron chi connectivity index (χ2n) is 7.68. The lowest BCUT2D eigenvalue weighted by atomic mass is 9.91. The van der Waals surface area contributed by atoms with Crippen LogP contribution in [0.5, 0.6) is 0 Å². The van der Waals surface area contributed by atoms with E-state index in [0.717, 1.165) is 16.7 Å². The molecule has 1 amide bonds. The first-order valence-electron chi connectivity index (χ1n) is 10.7. The summed E-state index contributed by atoms with van der Waals surface area (Å²) in [5, 5.41) is 22.0. The highest BCUT2D eigenvalue weighted by Gasteiger charge is 2.23. The summed E-state index contributed by atoms with van der Waals surface area (Å²) < 4.78 is 0. The molecule has 7 heteroatoms. The van der Waals surface area contributed by atoms with Crippen molar-refractivity contribution in [2.75, 3.05) is 12.0 Å². The van der Waals surface area contributed by atoms with Crippen LogP contribution >= 0.6 is 11.8 Å².